The lowest BCUT2D eigenvalue weighted by molar-refractivity contribution is -0.389. The van der Waals surface area contributed by atoms with Crippen LogP contribution in [-0.4, -0.2) is 24.8 Å². The summed E-state index contributed by atoms with van der Waals surface area (Å²) < 4.78 is 17.2. The maximum atomic E-state index is 5.88. The number of rotatable bonds is 2. The maximum Gasteiger partial charge on any atom is 0.286 e. The summed E-state index contributed by atoms with van der Waals surface area (Å²) in [7, 11) is 0. The highest BCUT2D eigenvalue weighted by Gasteiger charge is 2.55. The molecule has 2 aliphatic heterocycles. The highest BCUT2D eigenvalue weighted by atomic mass is 16.9. The molecular formula is C10H18O3. The molecule has 2 heterocycles. The molecule has 3 heteroatoms. The zero-order valence-corrected chi connectivity index (χ0v) is 8.63. The van der Waals surface area contributed by atoms with Gasteiger partial charge in [-0.1, -0.05) is 13.8 Å². The maximum absolute atomic E-state index is 5.88. The summed E-state index contributed by atoms with van der Waals surface area (Å²) in [6, 6.07) is 0. The summed E-state index contributed by atoms with van der Waals surface area (Å²) in [6.45, 7) is 7.74. The van der Waals surface area contributed by atoms with Gasteiger partial charge in [0, 0.05) is 12.3 Å². The summed E-state index contributed by atoms with van der Waals surface area (Å²) in [5.41, 5.74) is -0.109. The zero-order chi connectivity index (χ0) is 9.53. The van der Waals surface area contributed by atoms with E-state index in [1.54, 1.807) is 0 Å². The molecule has 0 radical (unpaired) electrons. The van der Waals surface area contributed by atoms with Gasteiger partial charge < -0.3 is 14.2 Å². The first-order chi connectivity index (χ1) is 6.10. The molecule has 0 aliphatic carbocycles. The van der Waals surface area contributed by atoms with Gasteiger partial charge in [-0.05, 0) is 13.3 Å². The van der Waals surface area contributed by atoms with Crippen molar-refractivity contribution < 1.29 is 14.2 Å². The van der Waals surface area contributed by atoms with E-state index in [9.17, 15) is 0 Å². The van der Waals surface area contributed by atoms with Crippen LogP contribution < -0.4 is 0 Å². The van der Waals surface area contributed by atoms with Gasteiger partial charge in [-0.25, -0.2) is 0 Å². The number of hydrogen-bond donors (Lipinski definition) is 0. The minimum Gasteiger partial charge on any atom is -0.327 e. The first-order valence-corrected chi connectivity index (χ1v) is 5.08. The molecule has 3 nitrogen and oxygen atoms in total. The Morgan fingerprint density at radius 1 is 1.38 bits per heavy atom. The molecule has 0 spiro atoms. The van der Waals surface area contributed by atoms with Gasteiger partial charge in [0.2, 0.25) is 0 Å². The van der Waals surface area contributed by atoms with Crippen LogP contribution in [0.4, 0.5) is 0 Å². The van der Waals surface area contributed by atoms with Gasteiger partial charge in [0.1, 0.15) is 0 Å². The summed E-state index contributed by atoms with van der Waals surface area (Å²) in [6.07, 6.45) is 1.95. The average Bonchev–Trinajstić information content (AvgIpc) is 2.37. The van der Waals surface area contributed by atoms with Crippen LogP contribution in [0.15, 0.2) is 0 Å². The van der Waals surface area contributed by atoms with Gasteiger partial charge in [0.25, 0.3) is 5.97 Å². The van der Waals surface area contributed by atoms with Crippen molar-refractivity contribution in [3.05, 3.63) is 0 Å². The SMILES string of the molecule is CCC(C)C12OCCC(C)(CO1)O2. The minimum absolute atomic E-state index is 0.109. The van der Waals surface area contributed by atoms with Gasteiger partial charge in [-0.2, -0.15) is 0 Å². The molecule has 0 aromatic rings. The third kappa shape index (κ3) is 1.39. The van der Waals surface area contributed by atoms with Crippen molar-refractivity contribution in [2.24, 2.45) is 5.92 Å². The van der Waals surface area contributed by atoms with Crippen molar-refractivity contribution in [1.82, 2.24) is 0 Å². The third-order valence-electron chi connectivity index (χ3n) is 3.12. The van der Waals surface area contributed by atoms with Crippen molar-refractivity contribution in [3.8, 4) is 0 Å². The van der Waals surface area contributed by atoms with Crippen molar-refractivity contribution >= 4 is 0 Å². The van der Waals surface area contributed by atoms with Gasteiger partial charge in [-0.15, -0.1) is 0 Å². The number of fused-ring (bicyclic) bond motifs is 2. The van der Waals surface area contributed by atoms with Crippen LogP contribution in [0.1, 0.15) is 33.6 Å². The Bertz CT molecular complexity index is 206. The van der Waals surface area contributed by atoms with E-state index in [1.165, 1.54) is 0 Å². The molecule has 0 aromatic heterocycles. The predicted molar refractivity (Wildman–Crippen MR) is 48.2 cm³/mol. The van der Waals surface area contributed by atoms with Crippen LogP contribution in [0, 0.1) is 5.92 Å². The Balaban J connectivity index is 2.16. The molecule has 2 fully saturated rings. The molecule has 0 N–H and O–H groups in total. The molecule has 13 heavy (non-hydrogen) atoms. The highest BCUT2D eigenvalue weighted by molar-refractivity contribution is 4.89. The summed E-state index contributed by atoms with van der Waals surface area (Å²) >= 11 is 0. The number of ether oxygens (including phenoxy) is 3. The number of hydrogen-bond acceptors (Lipinski definition) is 3. The standard InChI is InChI=1S/C10H18O3/c1-4-8(2)10-11-6-5-9(3,13-10)7-12-10/h8H,4-7H2,1-3H3. The smallest absolute Gasteiger partial charge is 0.286 e. The Hall–Kier alpha value is -0.120. The summed E-state index contributed by atoms with van der Waals surface area (Å²) in [4.78, 5) is 0. The quantitative estimate of drug-likeness (QED) is 0.659. The lowest BCUT2D eigenvalue weighted by Crippen LogP contribution is -2.47. The van der Waals surface area contributed by atoms with E-state index < -0.39 is 5.97 Å². The van der Waals surface area contributed by atoms with E-state index in [-0.39, 0.29) is 5.60 Å². The largest absolute Gasteiger partial charge is 0.327 e. The third-order valence-corrected chi connectivity index (χ3v) is 3.12. The van der Waals surface area contributed by atoms with Crippen molar-refractivity contribution in [2.45, 2.75) is 45.2 Å². The molecule has 0 saturated carbocycles. The fraction of sp³-hybridized carbons (Fsp3) is 1.00. The van der Waals surface area contributed by atoms with E-state index in [2.05, 4.69) is 20.8 Å². The first kappa shape index (κ1) is 9.44. The second kappa shape index (κ2) is 2.94. The molecule has 2 bridgehead atoms. The Morgan fingerprint density at radius 2 is 2.15 bits per heavy atom. The lowest BCUT2D eigenvalue weighted by atomic mass is 10.0. The molecule has 2 saturated heterocycles. The molecule has 2 rings (SSSR count). The van der Waals surface area contributed by atoms with E-state index in [0.29, 0.717) is 12.5 Å². The fourth-order valence-corrected chi connectivity index (χ4v) is 1.89. The van der Waals surface area contributed by atoms with Crippen LogP contribution in [0.5, 0.6) is 0 Å². The van der Waals surface area contributed by atoms with Gasteiger partial charge in [-0.3, -0.25) is 0 Å². The van der Waals surface area contributed by atoms with Gasteiger partial charge in [0.05, 0.1) is 18.8 Å². The van der Waals surface area contributed by atoms with Gasteiger partial charge in [0.15, 0.2) is 0 Å². The summed E-state index contributed by atoms with van der Waals surface area (Å²) in [5, 5.41) is 0. The van der Waals surface area contributed by atoms with Crippen LogP contribution in [-0.2, 0) is 14.2 Å². The van der Waals surface area contributed by atoms with Gasteiger partial charge >= 0.3 is 0 Å². The molecule has 76 valence electrons. The summed E-state index contributed by atoms with van der Waals surface area (Å²) in [5.74, 6) is -0.434. The van der Waals surface area contributed by atoms with Crippen molar-refractivity contribution in [1.29, 1.82) is 0 Å². The van der Waals surface area contributed by atoms with E-state index in [0.717, 1.165) is 19.4 Å². The van der Waals surface area contributed by atoms with Crippen LogP contribution >= 0.6 is 0 Å². The topological polar surface area (TPSA) is 27.7 Å². The highest BCUT2D eigenvalue weighted by Crippen LogP contribution is 2.43. The van der Waals surface area contributed by atoms with Crippen molar-refractivity contribution in [3.63, 3.8) is 0 Å². The molecule has 0 aromatic carbocycles. The van der Waals surface area contributed by atoms with Crippen LogP contribution in [0.2, 0.25) is 0 Å². The molecule has 0 amide bonds. The predicted octanol–water partition coefficient (Wildman–Crippen LogP) is 1.91. The average molecular weight is 186 g/mol. The fourth-order valence-electron chi connectivity index (χ4n) is 1.89. The second-order valence-corrected chi connectivity index (χ2v) is 4.35. The first-order valence-electron chi connectivity index (χ1n) is 5.08. The molecule has 3 atom stereocenters. The molecule has 3 unspecified atom stereocenters. The van der Waals surface area contributed by atoms with Crippen molar-refractivity contribution in [2.75, 3.05) is 13.2 Å². The van der Waals surface area contributed by atoms with E-state index >= 15 is 0 Å². The molecular weight excluding hydrogens is 168 g/mol. The van der Waals surface area contributed by atoms with Crippen LogP contribution in [0.25, 0.3) is 0 Å². The normalized spacial score (nSPS) is 46.4. The van der Waals surface area contributed by atoms with E-state index in [1.807, 2.05) is 0 Å². The molecule has 2 aliphatic rings. The lowest BCUT2D eigenvalue weighted by Gasteiger charge is -2.38. The minimum atomic E-state index is -0.734. The Labute approximate surface area is 79.4 Å². The van der Waals surface area contributed by atoms with Crippen LogP contribution in [0.3, 0.4) is 0 Å². The second-order valence-electron chi connectivity index (χ2n) is 4.35. The zero-order valence-electron chi connectivity index (χ0n) is 8.63. The monoisotopic (exact) mass is 186 g/mol. The Morgan fingerprint density at radius 3 is 2.85 bits per heavy atom. The van der Waals surface area contributed by atoms with E-state index in [4.69, 9.17) is 14.2 Å². The Kier molecular flexibility index (Phi) is 2.13.